The molecule has 0 amide bonds. The molecule has 1 fully saturated rings. The topological polar surface area (TPSA) is 72.6 Å². The standard InChI is InChI=1S/C14H22N2O3S2/c1-19-9-8-16(13-4-5-13)21(17,18)11-10-20-14-6-2-12(15)3-7-14/h2-3,6-7,13H,4-5,8-11,15H2,1H3. The van der Waals surface area contributed by atoms with Crippen molar-refractivity contribution in [3.05, 3.63) is 24.3 Å². The second-order valence-electron chi connectivity index (χ2n) is 5.07. The maximum Gasteiger partial charge on any atom is 0.215 e. The summed E-state index contributed by atoms with van der Waals surface area (Å²) >= 11 is 1.54. The van der Waals surface area contributed by atoms with E-state index >= 15 is 0 Å². The molecule has 0 bridgehead atoms. The number of hydrogen-bond donors (Lipinski definition) is 1. The van der Waals surface area contributed by atoms with Crippen molar-refractivity contribution in [3.8, 4) is 0 Å². The Balaban J connectivity index is 1.86. The zero-order valence-electron chi connectivity index (χ0n) is 12.2. The summed E-state index contributed by atoms with van der Waals surface area (Å²) in [6, 6.07) is 7.66. The first-order valence-corrected chi connectivity index (χ1v) is 9.59. The van der Waals surface area contributed by atoms with Gasteiger partial charge in [0.25, 0.3) is 0 Å². The number of anilines is 1. The number of thioether (sulfide) groups is 1. The third-order valence-electron chi connectivity index (χ3n) is 3.32. The Hall–Kier alpha value is -0.760. The molecule has 1 aliphatic carbocycles. The highest BCUT2D eigenvalue weighted by Crippen LogP contribution is 2.29. The predicted octanol–water partition coefficient (Wildman–Crippen LogP) is 1.80. The molecule has 1 aromatic carbocycles. The van der Waals surface area contributed by atoms with Gasteiger partial charge in [-0.25, -0.2) is 8.42 Å². The lowest BCUT2D eigenvalue weighted by molar-refractivity contribution is 0.177. The average Bonchev–Trinajstić information content (AvgIpc) is 3.26. The van der Waals surface area contributed by atoms with Gasteiger partial charge in [-0.15, -0.1) is 11.8 Å². The van der Waals surface area contributed by atoms with Crippen molar-refractivity contribution >= 4 is 27.5 Å². The fourth-order valence-electron chi connectivity index (χ4n) is 2.04. The summed E-state index contributed by atoms with van der Waals surface area (Å²) in [7, 11) is -1.61. The van der Waals surface area contributed by atoms with Gasteiger partial charge in [0.15, 0.2) is 0 Å². The Labute approximate surface area is 130 Å². The lowest BCUT2D eigenvalue weighted by atomic mass is 10.3. The smallest absolute Gasteiger partial charge is 0.215 e. The lowest BCUT2D eigenvalue weighted by Crippen LogP contribution is -2.37. The van der Waals surface area contributed by atoms with Crippen LogP contribution in [0.3, 0.4) is 0 Å². The van der Waals surface area contributed by atoms with Gasteiger partial charge in [-0.1, -0.05) is 0 Å². The Kier molecular flexibility index (Phi) is 5.92. The molecule has 0 heterocycles. The Bertz CT molecular complexity index is 542. The van der Waals surface area contributed by atoms with Crippen LogP contribution in [0.2, 0.25) is 0 Å². The molecule has 0 aliphatic heterocycles. The first-order valence-electron chi connectivity index (χ1n) is 7.00. The van der Waals surface area contributed by atoms with E-state index < -0.39 is 10.0 Å². The largest absolute Gasteiger partial charge is 0.399 e. The first-order chi connectivity index (χ1) is 10.0. The number of nitrogens with two attached hydrogens (primary N) is 1. The van der Waals surface area contributed by atoms with E-state index in [2.05, 4.69) is 0 Å². The number of nitrogen functional groups attached to an aromatic ring is 1. The van der Waals surface area contributed by atoms with Crippen molar-refractivity contribution in [3.63, 3.8) is 0 Å². The van der Waals surface area contributed by atoms with Crippen LogP contribution in [0.1, 0.15) is 12.8 Å². The third-order valence-corrected chi connectivity index (χ3v) is 6.50. The van der Waals surface area contributed by atoms with Gasteiger partial charge < -0.3 is 10.5 Å². The molecule has 0 aromatic heterocycles. The molecule has 0 spiro atoms. The maximum absolute atomic E-state index is 12.4. The number of benzene rings is 1. The number of sulfonamides is 1. The SMILES string of the molecule is COCCN(C1CC1)S(=O)(=O)CCSc1ccc(N)cc1. The van der Waals surface area contributed by atoms with Gasteiger partial charge in [0.05, 0.1) is 12.4 Å². The van der Waals surface area contributed by atoms with Crippen molar-refractivity contribution in [2.75, 3.05) is 37.5 Å². The van der Waals surface area contributed by atoms with E-state index in [0.717, 1.165) is 17.7 Å². The third kappa shape index (κ3) is 5.18. The van der Waals surface area contributed by atoms with Crippen molar-refractivity contribution in [1.29, 1.82) is 0 Å². The van der Waals surface area contributed by atoms with Gasteiger partial charge in [0, 0.05) is 36.0 Å². The van der Waals surface area contributed by atoms with Crippen molar-refractivity contribution in [1.82, 2.24) is 4.31 Å². The van der Waals surface area contributed by atoms with E-state index in [9.17, 15) is 8.42 Å². The summed E-state index contributed by atoms with van der Waals surface area (Å²) in [5, 5.41) is 0. The van der Waals surface area contributed by atoms with E-state index in [1.165, 1.54) is 11.8 Å². The van der Waals surface area contributed by atoms with E-state index in [4.69, 9.17) is 10.5 Å². The molecular weight excluding hydrogens is 308 g/mol. The van der Waals surface area contributed by atoms with E-state index in [1.807, 2.05) is 24.3 Å². The van der Waals surface area contributed by atoms with Crippen LogP contribution in [-0.4, -0.2) is 50.5 Å². The first kappa shape index (κ1) is 16.6. The minimum atomic E-state index is -3.20. The monoisotopic (exact) mass is 330 g/mol. The van der Waals surface area contributed by atoms with Crippen LogP contribution in [-0.2, 0) is 14.8 Å². The lowest BCUT2D eigenvalue weighted by Gasteiger charge is -2.21. The van der Waals surface area contributed by atoms with Crippen LogP contribution in [0.4, 0.5) is 5.69 Å². The van der Waals surface area contributed by atoms with E-state index in [1.54, 1.807) is 11.4 Å². The van der Waals surface area contributed by atoms with Gasteiger partial charge in [-0.2, -0.15) is 4.31 Å². The van der Waals surface area contributed by atoms with Crippen LogP contribution < -0.4 is 5.73 Å². The zero-order chi connectivity index (χ0) is 15.3. The highest BCUT2D eigenvalue weighted by Gasteiger charge is 2.36. The summed E-state index contributed by atoms with van der Waals surface area (Å²) in [6.07, 6.45) is 1.93. The average molecular weight is 330 g/mol. The fraction of sp³-hybridized carbons (Fsp3) is 0.571. The molecule has 1 saturated carbocycles. The van der Waals surface area contributed by atoms with Crippen molar-refractivity contribution in [2.24, 2.45) is 0 Å². The van der Waals surface area contributed by atoms with Gasteiger partial charge in [0.1, 0.15) is 0 Å². The molecular formula is C14H22N2O3S2. The molecule has 2 rings (SSSR count). The van der Waals surface area contributed by atoms with E-state index in [0.29, 0.717) is 24.6 Å². The minimum Gasteiger partial charge on any atom is -0.399 e. The number of rotatable bonds is 9. The van der Waals surface area contributed by atoms with Gasteiger partial charge >= 0.3 is 0 Å². The van der Waals surface area contributed by atoms with E-state index in [-0.39, 0.29) is 11.8 Å². The molecule has 1 aliphatic rings. The second-order valence-corrected chi connectivity index (χ2v) is 8.28. The molecule has 118 valence electrons. The van der Waals surface area contributed by atoms with Crippen LogP contribution in [0.15, 0.2) is 29.2 Å². The Morgan fingerprint density at radius 3 is 2.57 bits per heavy atom. The van der Waals surface area contributed by atoms with Gasteiger partial charge in [-0.05, 0) is 37.1 Å². The minimum absolute atomic E-state index is 0.155. The molecule has 21 heavy (non-hydrogen) atoms. The summed E-state index contributed by atoms with van der Waals surface area (Å²) in [4.78, 5) is 1.04. The normalized spacial score (nSPS) is 15.5. The fourth-order valence-corrected chi connectivity index (χ4v) is 5.03. The van der Waals surface area contributed by atoms with Gasteiger partial charge in [0.2, 0.25) is 10.0 Å². The number of hydrogen-bond acceptors (Lipinski definition) is 5. The second kappa shape index (κ2) is 7.49. The predicted molar refractivity (Wildman–Crippen MR) is 87.0 cm³/mol. The number of ether oxygens (including phenoxy) is 1. The number of methoxy groups -OCH3 is 1. The molecule has 1 aromatic rings. The van der Waals surface area contributed by atoms with Gasteiger partial charge in [-0.3, -0.25) is 0 Å². The van der Waals surface area contributed by atoms with Crippen LogP contribution in [0.5, 0.6) is 0 Å². The summed E-state index contributed by atoms with van der Waals surface area (Å²) in [5.41, 5.74) is 6.34. The number of nitrogens with zero attached hydrogens (tertiary/aromatic N) is 1. The molecule has 5 nitrogen and oxygen atoms in total. The van der Waals surface area contributed by atoms with Crippen molar-refractivity contribution in [2.45, 2.75) is 23.8 Å². The Morgan fingerprint density at radius 1 is 1.33 bits per heavy atom. The maximum atomic E-state index is 12.4. The zero-order valence-corrected chi connectivity index (χ0v) is 13.8. The highest BCUT2D eigenvalue weighted by molar-refractivity contribution is 8.00. The van der Waals surface area contributed by atoms with Crippen LogP contribution >= 0.6 is 11.8 Å². The molecule has 2 N–H and O–H groups in total. The molecule has 7 heteroatoms. The summed E-state index contributed by atoms with van der Waals surface area (Å²) in [6.45, 7) is 0.900. The van der Waals surface area contributed by atoms with Crippen LogP contribution in [0, 0.1) is 0 Å². The van der Waals surface area contributed by atoms with Crippen molar-refractivity contribution < 1.29 is 13.2 Å². The van der Waals surface area contributed by atoms with Crippen LogP contribution in [0.25, 0.3) is 0 Å². The molecule has 0 atom stereocenters. The molecule has 0 unspecified atom stereocenters. The summed E-state index contributed by atoms with van der Waals surface area (Å²) < 4.78 is 31.4. The Morgan fingerprint density at radius 2 is 2.00 bits per heavy atom. The summed E-state index contributed by atoms with van der Waals surface area (Å²) in [5.74, 6) is 0.699. The molecule has 0 saturated heterocycles. The quantitative estimate of drug-likeness (QED) is 0.552. The molecule has 0 radical (unpaired) electrons. The highest BCUT2D eigenvalue weighted by atomic mass is 32.2.